The van der Waals surface area contributed by atoms with Crippen LogP contribution in [0.1, 0.15) is 21.9 Å². The number of aromatic hydroxyl groups is 1. The minimum Gasteiger partial charge on any atom is -0.508 e. The lowest BCUT2D eigenvalue weighted by Gasteiger charge is -2.16. The van der Waals surface area contributed by atoms with Crippen LogP contribution in [0.2, 0.25) is 0 Å². The van der Waals surface area contributed by atoms with Crippen molar-refractivity contribution in [3.8, 4) is 5.75 Å². The van der Waals surface area contributed by atoms with E-state index >= 15 is 0 Å². The number of hydrogen-bond donors (Lipinski definition) is 1. The van der Waals surface area contributed by atoms with Crippen LogP contribution in [-0.2, 0) is 9.53 Å². The summed E-state index contributed by atoms with van der Waals surface area (Å²) in [5, 5.41) is 9.43. The molecule has 0 saturated heterocycles. The van der Waals surface area contributed by atoms with Gasteiger partial charge in [-0.25, -0.2) is 0 Å². The Bertz CT molecular complexity index is 525. The molecular weight excluding hydrogens is 250 g/mol. The molecule has 1 aromatic carbocycles. The molecule has 1 aromatic heterocycles. The van der Waals surface area contributed by atoms with E-state index in [-0.39, 0.29) is 18.3 Å². The van der Waals surface area contributed by atoms with Gasteiger partial charge < -0.3 is 9.84 Å². The maximum atomic E-state index is 10.4. The lowest BCUT2D eigenvalue weighted by Crippen LogP contribution is -2.09. The van der Waals surface area contributed by atoms with Crippen LogP contribution in [0.3, 0.4) is 0 Å². The molecule has 1 atom stereocenters. The van der Waals surface area contributed by atoms with Gasteiger partial charge in [0.05, 0.1) is 11.4 Å². The highest BCUT2D eigenvalue weighted by atomic mass is 32.1. The summed E-state index contributed by atoms with van der Waals surface area (Å²) < 4.78 is 4.89. The molecule has 2 aromatic rings. The van der Waals surface area contributed by atoms with Crippen molar-refractivity contribution in [1.29, 1.82) is 0 Å². The van der Waals surface area contributed by atoms with E-state index in [9.17, 15) is 9.90 Å². The van der Waals surface area contributed by atoms with E-state index in [1.54, 1.807) is 23.8 Å². The van der Waals surface area contributed by atoms with Crippen LogP contribution in [0.25, 0.3) is 0 Å². The van der Waals surface area contributed by atoms with Crippen molar-refractivity contribution in [1.82, 2.24) is 4.98 Å². The summed E-state index contributed by atoms with van der Waals surface area (Å²) in [5.41, 5.74) is 3.74. The standard InChI is InChI=1S/C13H13NO3S/c1-9-4-10(16)2-3-11(9)12(6-17-8-15)13-5-14-7-18-13/h2-5,7-8,12,16H,6H2,1H3. The SMILES string of the molecule is Cc1cc(O)ccc1C(COC=O)c1cncs1. The number of thiazole rings is 1. The van der Waals surface area contributed by atoms with Crippen molar-refractivity contribution >= 4 is 17.8 Å². The summed E-state index contributed by atoms with van der Waals surface area (Å²) in [6.07, 6.45) is 1.77. The summed E-state index contributed by atoms with van der Waals surface area (Å²) in [5.74, 6) is 0.193. The molecule has 0 fully saturated rings. The largest absolute Gasteiger partial charge is 0.508 e. The van der Waals surface area contributed by atoms with Crippen LogP contribution in [0, 0.1) is 6.92 Å². The van der Waals surface area contributed by atoms with Gasteiger partial charge in [-0.3, -0.25) is 9.78 Å². The first-order valence-electron chi connectivity index (χ1n) is 5.45. The Morgan fingerprint density at radius 3 is 3.00 bits per heavy atom. The third-order valence-electron chi connectivity index (χ3n) is 2.75. The van der Waals surface area contributed by atoms with Crippen molar-refractivity contribution < 1.29 is 14.6 Å². The Kier molecular flexibility index (Phi) is 3.94. The van der Waals surface area contributed by atoms with E-state index in [4.69, 9.17) is 4.74 Å². The van der Waals surface area contributed by atoms with E-state index in [2.05, 4.69) is 4.98 Å². The van der Waals surface area contributed by atoms with Crippen LogP contribution >= 0.6 is 11.3 Å². The van der Waals surface area contributed by atoms with Gasteiger partial charge in [0, 0.05) is 11.1 Å². The Morgan fingerprint density at radius 2 is 2.39 bits per heavy atom. The summed E-state index contributed by atoms with van der Waals surface area (Å²) in [6.45, 7) is 2.64. The molecule has 0 amide bonds. The number of nitrogens with zero attached hydrogens (tertiary/aromatic N) is 1. The molecule has 5 heteroatoms. The van der Waals surface area contributed by atoms with Crippen LogP contribution in [0.15, 0.2) is 29.9 Å². The fourth-order valence-electron chi connectivity index (χ4n) is 1.91. The highest BCUT2D eigenvalue weighted by Crippen LogP contribution is 2.31. The normalized spacial score (nSPS) is 12.1. The zero-order chi connectivity index (χ0) is 13.0. The molecule has 94 valence electrons. The van der Waals surface area contributed by atoms with Gasteiger partial charge in [-0.15, -0.1) is 11.3 Å². The quantitative estimate of drug-likeness (QED) is 0.842. The maximum absolute atomic E-state index is 10.4. The molecule has 0 saturated carbocycles. The number of carbonyl (C=O) groups excluding carboxylic acids is 1. The molecule has 1 N–H and O–H groups in total. The Morgan fingerprint density at radius 1 is 1.56 bits per heavy atom. The molecule has 0 aliphatic rings. The van der Waals surface area contributed by atoms with E-state index in [0.717, 1.165) is 16.0 Å². The number of aryl methyl sites for hydroxylation is 1. The first kappa shape index (κ1) is 12.6. The van der Waals surface area contributed by atoms with Crippen LogP contribution in [0.5, 0.6) is 5.75 Å². The van der Waals surface area contributed by atoms with Crippen LogP contribution in [0.4, 0.5) is 0 Å². The molecule has 4 nitrogen and oxygen atoms in total. The number of rotatable bonds is 5. The van der Waals surface area contributed by atoms with Gasteiger partial charge >= 0.3 is 0 Å². The second kappa shape index (κ2) is 5.64. The van der Waals surface area contributed by atoms with Gasteiger partial charge in [-0.05, 0) is 30.2 Å². The van der Waals surface area contributed by atoms with Gasteiger partial charge in [0.25, 0.3) is 6.47 Å². The summed E-state index contributed by atoms with van der Waals surface area (Å²) in [7, 11) is 0. The van der Waals surface area contributed by atoms with Gasteiger partial charge in [0.15, 0.2) is 0 Å². The number of aromatic nitrogens is 1. The maximum Gasteiger partial charge on any atom is 0.293 e. The first-order valence-corrected chi connectivity index (χ1v) is 6.33. The average Bonchev–Trinajstić information content (AvgIpc) is 2.85. The molecule has 2 rings (SSSR count). The Balaban J connectivity index is 2.36. The summed E-state index contributed by atoms with van der Waals surface area (Å²) >= 11 is 1.52. The molecule has 0 aliphatic heterocycles. The van der Waals surface area contributed by atoms with Gasteiger partial charge in [0.1, 0.15) is 12.4 Å². The fraction of sp³-hybridized carbons (Fsp3) is 0.231. The van der Waals surface area contributed by atoms with Gasteiger partial charge in [-0.2, -0.15) is 0 Å². The van der Waals surface area contributed by atoms with Crippen molar-refractivity contribution in [2.24, 2.45) is 0 Å². The number of benzene rings is 1. The number of hydrogen-bond acceptors (Lipinski definition) is 5. The third kappa shape index (κ3) is 2.68. The van der Waals surface area contributed by atoms with Crippen molar-refractivity contribution in [3.05, 3.63) is 45.9 Å². The second-order valence-electron chi connectivity index (χ2n) is 3.93. The predicted octanol–water partition coefficient (Wildman–Crippen LogP) is 2.46. The number of ether oxygens (including phenoxy) is 1. The van der Waals surface area contributed by atoms with Gasteiger partial charge in [0.2, 0.25) is 0 Å². The lowest BCUT2D eigenvalue weighted by molar-refractivity contribution is -0.128. The number of phenolic OH excluding ortho intramolecular Hbond substituents is 1. The monoisotopic (exact) mass is 263 g/mol. The Hall–Kier alpha value is -1.88. The second-order valence-corrected chi connectivity index (χ2v) is 4.84. The molecule has 0 spiro atoms. The molecule has 0 bridgehead atoms. The Labute approximate surface area is 109 Å². The van der Waals surface area contributed by atoms with Crippen LogP contribution < -0.4 is 0 Å². The third-order valence-corrected chi connectivity index (χ3v) is 3.64. The zero-order valence-corrected chi connectivity index (χ0v) is 10.7. The van der Waals surface area contributed by atoms with E-state index in [0.29, 0.717) is 6.47 Å². The molecular formula is C13H13NO3S. The average molecular weight is 263 g/mol. The fourth-order valence-corrected chi connectivity index (χ4v) is 2.63. The van der Waals surface area contributed by atoms with E-state index in [1.807, 2.05) is 13.0 Å². The smallest absolute Gasteiger partial charge is 0.293 e. The summed E-state index contributed by atoms with van der Waals surface area (Å²) in [6, 6.07) is 5.19. The zero-order valence-electron chi connectivity index (χ0n) is 9.87. The predicted molar refractivity (Wildman–Crippen MR) is 68.8 cm³/mol. The van der Waals surface area contributed by atoms with Crippen molar-refractivity contribution in [2.45, 2.75) is 12.8 Å². The van der Waals surface area contributed by atoms with Crippen LogP contribution in [-0.4, -0.2) is 23.2 Å². The minimum absolute atomic E-state index is 0.0386. The summed E-state index contributed by atoms with van der Waals surface area (Å²) in [4.78, 5) is 15.5. The highest BCUT2D eigenvalue weighted by Gasteiger charge is 2.18. The van der Waals surface area contributed by atoms with Crippen molar-refractivity contribution in [3.63, 3.8) is 0 Å². The molecule has 18 heavy (non-hydrogen) atoms. The highest BCUT2D eigenvalue weighted by molar-refractivity contribution is 7.09. The van der Waals surface area contributed by atoms with Crippen molar-refractivity contribution in [2.75, 3.05) is 6.61 Å². The molecule has 1 heterocycles. The van der Waals surface area contributed by atoms with E-state index in [1.165, 1.54) is 11.3 Å². The molecule has 1 unspecified atom stereocenters. The van der Waals surface area contributed by atoms with E-state index < -0.39 is 0 Å². The topological polar surface area (TPSA) is 59.4 Å². The number of carbonyl (C=O) groups is 1. The minimum atomic E-state index is -0.0386. The first-order chi connectivity index (χ1) is 8.72. The lowest BCUT2D eigenvalue weighted by atomic mass is 9.94. The van der Waals surface area contributed by atoms with Gasteiger partial charge in [-0.1, -0.05) is 6.07 Å². The molecule has 0 aliphatic carbocycles. The number of phenols is 1. The molecule has 0 radical (unpaired) electrons.